The molecule has 1 N–H and O–H groups in total. The van der Waals surface area contributed by atoms with E-state index in [1.165, 1.54) is 18.2 Å². The van der Waals surface area contributed by atoms with E-state index in [0.29, 0.717) is 18.5 Å². The molecular formula is C17H22N2O7S. The molecule has 0 radical (unpaired) electrons. The Kier molecular flexibility index (Phi) is 5.98. The van der Waals surface area contributed by atoms with Crippen molar-refractivity contribution in [2.45, 2.75) is 43.7 Å². The van der Waals surface area contributed by atoms with E-state index in [-0.39, 0.29) is 36.3 Å². The van der Waals surface area contributed by atoms with Crippen LogP contribution in [0.25, 0.3) is 11.1 Å². The van der Waals surface area contributed by atoms with Crippen LogP contribution in [0.2, 0.25) is 0 Å². The minimum Gasteiger partial charge on any atom is -0.464 e. The number of nitrogens with zero attached hydrogens (tertiary/aromatic N) is 1. The Balaban J connectivity index is 1.79. The first-order valence-corrected chi connectivity index (χ1v) is 10.3. The third-order valence-electron chi connectivity index (χ3n) is 4.23. The number of hydrogen-bond acceptors (Lipinski definition) is 7. The van der Waals surface area contributed by atoms with Crippen molar-refractivity contribution in [3.8, 4) is 0 Å². The third kappa shape index (κ3) is 4.57. The van der Waals surface area contributed by atoms with Crippen LogP contribution in [0.1, 0.15) is 26.2 Å². The number of sulfonamides is 1. The molecule has 1 fully saturated rings. The van der Waals surface area contributed by atoms with Crippen molar-refractivity contribution in [2.75, 3.05) is 19.8 Å². The van der Waals surface area contributed by atoms with Crippen LogP contribution in [0, 0.1) is 0 Å². The summed E-state index contributed by atoms with van der Waals surface area (Å²) in [4.78, 5) is 23.8. The van der Waals surface area contributed by atoms with E-state index in [9.17, 15) is 18.0 Å². The fraction of sp³-hybridized carbons (Fsp3) is 0.529. The summed E-state index contributed by atoms with van der Waals surface area (Å²) in [6.45, 7) is 2.66. The monoisotopic (exact) mass is 398 g/mol. The number of benzene rings is 1. The van der Waals surface area contributed by atoms with Gasteiger partial charge in [-0.1, -0.05) is 6.92 Å². The number of carbonyl (C=O) groups is 1. The molecular weight excluding hydrogens is 376 g/mol. The van der Waals surface area contributed by atoms with Crippen molar-refractivity contribution in [2.24, 2.45) is 0 Å². The van der Waals surface area contributed by atoms with Gasteiger partial charge in [0.05, 0.1) is 23.1 Å². The number of aromatic nitrogens is 1. The SMILES string of the molecule is CCCOC(=O)Cn1c(=O)oc2cc(S(=O)(=O)NC[C@@H]3CCCO3)ccc21. The number of nitrogens with one attached hydrogen (secondary N) is 1. The summed E-state index contributed by atoms with van der Waals surface area (Å²) in [6.07, 6.45) is 2.27. The smallest absolute Gasteiger partial charge is 0.420 e. The van der Waals surface area contributed by atoms with Crippen LogP contribution in [0.5, 0.6) is 0 Å². The topological polar surface area (TPSA) is 117 Å². The molecule has 0 unspecified atom stereocenters. The highest BCUT2D eigenvalue weighted by Crippen LogP contribution is 2.19. The van der Waals surface area contributed by atoms with Gasteiger partial charge in [-0.2, -0.15) is 0 Å². The van der Waals surface area contributed by atoms with Gasteiger partial charge in [0.15, 0.2) is 5.58 Å². The molecule has 1 aromatic heterocycles. The van der Waals surface area contributed by atoms with Crippen LogP contribution >= 0.6 is 0 Å². The molecule has 148 valence electrons. The minimum atomic E-state index is -3.77. The maximum Gasteiger partial charge on any atom is 0.420 e. The fourth-order valence-electron chi connectivity index (χ4n) is 2.85. The summed E-state index contributed by atoms with van der Waals surface area (Å²) in [5.41, 5.74) is 0.412. The second-order valence-electron chi connectivity index (χ2n) is 6.29. The summed E-state index contributed by atoms with van der Waals surface area (Å²) in [7, 11) is -3.77. The Bertz CT molecular complexity index is 971. The van der Waals surface area contributed by atoms with E-state index in [1.807, 2.05) is 6.92 Å². The average molecular weight is 398 g/mol. The summed E-state index contributed by atoms with van der Waals surface area (Å²) < 4.78 is 44.0. The van der Waals surface area contributed by atoms with Gasteiger partial charge >= 0.3 is 11.7 Å². The standard InChI is InChI=1S/C17H22N2O7S/c1-2-7-25-16(20)11-19-14-6-5-13(9-15(14)26-17(19)21)27(22,23)18-10-12-4-3-8-24-12/h5-6,9,12,18H,2-4,7-8,10-11H2,1H3/t12-/m0/s1. The Morgan fingerprint density at radius 3 is 2.93 bits per heavy atom. The van der Waals surface area contributed by atoms with Crippen LogP contribution in [0.15, 0.2) is 32.3 Å². The van der Waals surface area contributed by atoms with Gasteiger partial charge < -0.3 is 13.9 Å². The molecule has 1 aromatic carbocycles. The lowest BCUT2D eigenvalue weighted by atomic mass is 10.2. The van der Waals surface area contributed by atoms with E-state index in [4.69, 9.17) is 13.9 Å². The molecule has 0 aliphatic carbocycles. The number of oxazole rings is 1. The molecule has 9 nitrogen and oxygen atoms in total. The molecule has 10 heteroatoms. The Labute approximate surface area is 156 Å². The molecule has 0 bridgehead atoms. The van der Waals surface area contributed by atoms with E-state index in [1.54, 1.807) is 0 Å². The van der Waals surface area contributed by atoms with Crippen molar-refractivity contribution in [1.29, 1.82) is 0 Å². The molecule has 1 aliphatic heterocycles. The second kappa shape index (κ2) is 8.24. The average Bonchev–Trinajstić information content (AvgIpc) is 3.26. The van der Waals surface area contributed by atoms with Gasteiger partial charge in [-0.15, -0.1) is 0 Å². The number of fused-ring (bicyclic) bond motifs is 1. The first kappa shape index (κ1) is 19.6. The lowest BCUT2D eigenvalue weighted by molar-refractivity contribution is -0.144. The zero-order chi connectivity index (χ0) is 19.4. The lowest BCUT2D eigenvalue weighted by Crippen LogP contribution is -2.31. The van der Waals surface area contributed by atoms with Crippen LogP contribution in [-0.4, -0.2) is 44.8 Å². The first-order chi connectivity index (χ1) is 12.9. The molecule has 0 spiro atoms. The minimum absolute atomic E-state index is 0.0255. The second-order valence-corrected chi connectivity index (χ2v) is 8.06. The van der Waals surface area contributed by atoms with E-state index in [2.05, 4.69) is 4.72 Å². The molecule has 0 amide bonds. The predicted molar refractivity (Wildman–Crippen MR) is 95.9 cm³/mol. The largest absolute Gasteiger partial charge is 0.464 e. The number of carbonyl (C=O) groups excluding carboxylic acids is 1. The molecule has 1 aliphatic rings. The van der Waals surface area contributed by atoms with Gasteiger partial charge in [0, 0.05) is 19.2 Å². The van der Waals surface area contributed by atoms with Crippen LogP contribution in [0.4, 0.5) is 0 Å². The Hall–Kier alpha value is -2.17. The summed E-state index contributed by atoms with van der Waals surface area (Å²) in [5.74, 6) is -1.31. The van der Waals surface area contributed by atoms with Crippen LogP contribution < -0.4 is 10.5 Å². The number of rotatable bonds is 8. The highest BCUT2D eigenvalue weighted by molar-refractivity contribution is 7.89. The molecule has 0 saturated carbocycles. The van der Waals surface area contributed by atoms with Crippen LogP contribution in [-0.2, 0) is 30.8 Å². The fourth-order valence-corrected chi connectivity index (χ4v) is 3.93. The zero-order valence-corrected chi connectivity index (χ0v) is 15.8. The zero-order valence-electron chi connectivity index (χ0n) is 15.0. The molecule has 27 heavy (non-hydrogen) atoms. The molecule has 1 saturated heterocycles. The van der Waals surface area contributed by atoms with Gasteiger partial charge in [0.25, 0.3) is 0 Å². The summed E-state index contributed by atoms with van der Waals surface area (Å²) in [5, 5.41) is 0. The van der Waals surface area contributed by atoms with Crippen molar-refractivity contribution < 1.29 is 27.1 Å². The van der Waals surface area contributed by atoms with E-state index < -0.39 is 21.7 Å². The molecule has 1 atom stereocenters. The first-order valence-electron chi connectivity index (χ1n) is 8.81. The Morgan fingerprint density at radius 1 is 1.41 bits per heavy atom. The molecule has 2 heterocycles. The summed E-state index contributed by atoms with van der Waals surface area (Å²) in [6, 6.07) is 4.07. The quantitative estimate of drug-likeness (QED) is 0.659. The Morgan fingerprint density at radius 2 is 2.22 bits per heavy atom. The van der Waals surface area contributed by atoms with Gasteiger partial charge in [-0.25, -0.2) is 17.9 Å². The van der Waals surface area contributed by atoms with Crippen molar-refractivity contribution in [3.63, 3.8) is 0 Å². The number of hydrogen-bond donors (Lipinski definition) is 1. The van der Waals surface area contributed by atoms with Gasteiger partial charge in [0.2, 0.25) is 10.0 Å². The normalized spacial score (nSPS) is 17.4. The van der Waals surface area contributed by atoms with Crippen molar-refractivity contribution >= 4 is 27.1 Å². The molecule has 2 aromatic rings. The van der Waals surface area contributed by atoms with E-state index >= 15 is 0 Å². The summed E-state index contributed by atoms with van der Waals surface area (Å²) >= 11 is 0. The van der Waals surface area contributed by atoms with Gasteiger partial charge in [0.1, 0.15) is 6.54 Å². The van der Waals surface area contributed by atoms with Gasteiger partial charge in [-0.3, -0.25) is 9.36 Å². The maximum atomic E-state index is 12.5. The highest BCUT2D eigenvalue weighted by Gasteiger charge is 2.22. The number of esters is 1. The van der Waals surface area contributed by atoms with Crippen molar-refractivity contribution in [1.82, 2.24) is 9.29 Å². The third-order valence-corrected chi connectivity index (χ3v) is 5.65. The molecule has 3 rings (SSSR count). The predicted octanol–water partition coefficient (Wildman–Crippen LogP) is 1.01. The highest BCUT2D eigenvalue weighted by atomic mass is 32.2. The van der Waals surface area contributed by atoms with Gasteiger partial charge in [-0.05, 0) is 31.4 Å². The van der Waals surface area contributed by atoms with Crippen LogP contribution in [0.3, 0.4) is 0 Å². The lowest BCUT2D eigenvalue weighted by Gasteiger charge is -2.11. The van der Waals surface area contributed by atoms with Crippen molar-refractivity contribution in [3.05, 3.63) is 28.7 Å². The van der Waals surface area contributed by atoms with E-state index in [0.717, 1.165) is 17.4 Å². The maximum absolute atomic E-state index is 12.5. The number of ether oxygens (including phenoxy) is 2.